The van der Waals surface area contributed by atoms with Crippen LogP contribution >= 0.6 is 9.24 Å². The summed E-state index contributed by atoms with van der Waals surface area (Å²) in [6.45, 7) is 30.9. The fourth-order valence-corrected chi connectivity index (χ4v) is 15.3. The maximum absolute atomic E-state index is 15.3. The quantitative estimate of drug-likeness (QED) is 0.0508. The van der Waals surface area contributed by atoms with Crippen LogP contribution in [0.5, 0.6) is 6.01 Å². The van der Waals surface area contributed by atoms with E-state index in [0.717, 1.165) is 174 Å². The van der Waals surface area contributed by atoms with Gasteiger partial charge in [-0.25, -0.2) is 4.39 Å². The van der Waals surface area contributed by atoms with Crippen LogP contribution in [0.2, 0.25) is 0 Å². The third-order valence-corrected chi connectivity index (χ3v) is 20.0. The molecule has 0 spiro atoms. The lowest BCUT2D eigenvalue weighted by Gasteiger charge is -2.45. The van der Waals surface area contributed by atoms with Crippen LogP contribution in [-0.4, -0.2) is 142 Å². The van der Waals surface area contributed by atoms with E-state index in [4.69, 9.17) is 26.1 Å². The highest BCUT2D eigenvalue weighted by atomic mass is 31.0. The van der Waals surface area contributed by atoms with E-state index in [1.807, 2.05) is 49.7 Å². The SMILES string of the molecule is C#Cc1c(F)ccc2cccc(-c3ncc4c(N5CC(C)CCC(C)C5)nc(OCC56CCC(CN7CC8CCC(C7)N8C(=O)C7CCN(c8ccc(C(=O)N(C)C(C=C)CCC(=C)CC)c(C=C)c8)CC7)N5CC(=C)C6)nc4c3P)c12. The van der Waals surface area contributed by atoms with E-state index < -0.39 is 5.82 Å². The summed E-state index contributed by atoms with van der Waals surface area (Å²) in [6, 6.07) is 16.2. The van der Waals surface area contributed by atoms with Gasteiger partial charge in [-0.3, -0.25) is 24.4 Å². The van der Waals surface area contributed by atoms with Crippen molar-refractivity contribution >= 4 is 65.6 Å². The van der Waals surface area contributed by atoms with E-state index in [9.17, 15) is 9.59 Å². The first-order valence-corrected chi connectivity index (χ1v) is 30.8. The Balaban J connectivity index is 0.752. The first-order valence-electron chi connectivity index (χ1n) is 30.2. The Kier molecular flexibility index (Phi) is 16.8. The third-order valence-electron chi connectivity index (χ3n) is 19.4. The van der Waals surface area contributed by atoms with Gasteiger partial charge in [-0.15, -0.1) is 22.2 Å². The summed E-state index contributed by atoms with van der Waals surface area (Å²) in [5.41, 5.74) is 7.03. The lowest BCUT2D eigenvalue weighted by Crippen LogP contribution is -2.59. The minimum absolute atomic E-state index is 0.00253. The minimum atomic E-state index is -0.438. The number of ether oxygens (including phenoxy) is 1. The Labute approximate surface area is 488 Å². The second kappa shape index (κ2) is 24.0. The van der Waals surface area contributed by atoms with Crippen LogP contribution in [0.3, 0.4) is 0 Å². The number of allylic oxidation sites excluding steroid dienone is 1. The van der Waals surface area contributed by atoms with Crippen LogP contribution in [0.25, 0.3) is 39.0 Å². The Morgan fingerprint density at radius 1 is 0.976 bits per heavy atom. The normalized spacial score (nSPS) is 24.6. The molecule has 430 valence electrons. The predicted molar refractivity (Wildman–Crippen MR) is 335 cm³/mol. The molecule has 8 unspecified atom stereocenters. The molecule has 5 aromatic rings. The van der Waals surface area contributed by atoms with Gasteiger partial charge in [-0.2, -0.15) is 9.97 Å². The number of halogens is 1. The molecular formula is C68H83FN9O3P. The molecule has 0 saturated carbocycles. The zero-order valence-corrected chi connectivity index (χ0v) is 50.0. The van der Waals surface area contributed by atoms with Crippen LogP contribution in [0.1, 0.15) is 119 Å². The number of nitrogens with zero attached hydrogens (tertiary/aromatic N) is 9. The number of likely N-dealkylation sites (tertiary alicyclic amines) is 1. The molecule has 6 saturated heterocycles. The van der Waals surface area contributed by atoms with Crippen molar-refractivity contribution in [1.82, 2.24) is 34.6 Å². The van der Waals surface area contributed by atoms with Gasteiger partial charge in [-0.1, -0.05) is 94.0 Å². The topological polar surface area (TPSA) is 101 Å². The lowest BCUT2D eigenvalue weighted by atomic mass is 9.93. The van der Waals surface area contributed by atoms with Gasteiger partial charge >= 0.3 is 6.01 Å². The van der Waals surface area contributed by atoms with Crippen LogP contribution in [-0.2, 0) is 4.79 Å². The molecule has 2 bridgehead atoms. The number of carbonyl (C=O) groups is 2. The standard InChI is InChI=1S/C68H83FN9O3P/c1-10-43(5)19-21-50(12-3)73(9)66(80)56-25-24-51(33-47(56)11-2)75-31-28-49(29-32-75)65(79)78-53-22-23-54(78)41-74(40-53)39-52-27-30-68(34-46(8)38-77(52)68)42-81-67-71-62-58(64(72-67)76-36-44(6)17-18-45(7)37-76)35-70-61(63(62)82)57-16-14-15-48-20-26-59(69)55(13-4)60(48)57/h4,11-12,14-16,20,24-26,33,35,44-45,49-50,52-54H,2-3,5,8,10,17-19,21-23,27-32,34,36-42,82H2,1,6-7,9H3. The molecule has 0 aliphatic carbocycles. The summed E-state index contributed by atoms with van der Waals surface area (Å²) >= 11 is 0. The molecule has 6 fully saturated rings. The second-order valence-corrected chi connectivity index (χ2v) is 25.6. The smallest absolute Gasteiger partial charge is 0.319 e. The van der Waals surface area contributed by atoms with Crippen LogP contribution in [0, 0.1) is 35.9 Å². The molecule has 0 radical (unpaired) electrons. The molecule has 0 N–H and O–H groups in total. The maximum atomic E-state index is 15.3. The molecule has 2 amide bonds. The van der Waals surface area contributed by atoms with Gasteiger partial charge in [0.15, 0.2) is 0 Å². The number of hydrogen-bond donors (Lipinski definition) is 0. The summed E-state index contributed by atoms with van der Waals surface area (Å²) < 4.78 is 22.2. The number of terminal acetylenes is 1. The number of aromatic nitrogens is 3. The van der Waals surface area contributed by atoms with Crippen LogP contribution in [0.15, 0.2) is 98.3 Å². The Hall–Kier alpha value is -6.45. The number of carbonyl (C=O) groups excluding carboxylic acids is 2. The highest BCUT2D eigenvalue weighted by Gasteiger charge is 2.53. The number of piperidine rings is 1. The summed E-state index contributed by atoms with van der Waals surface area (Å²) in [5, 5.41) is 3.12. The van der Waals surface area contributed by atoms with Gasteiger partial charge < -0.3 is 24.3 Å². The molecule has 8 atom stereocenters. The van der Waals surface area contributed by atoms with E-state index in [-0.39, 0.29) is 41.1 Å². The van der Waals surface area contributed by atoms with Crippen molar-refractivity contribution in [1.29, 1.82) is 0 Å². The van der Waals surface area contributed by atoms with Gasteiger partial charge in [0.25, 0.3) is 5.91 Å². The fourth-order valence-electron chi connectivity index (χ4n) is 14.8. The van der Waals surface area contributed by atoms with Gasteiger partial charge in [0.05, 0.1) is 33.7 Å². The van der Waals surface area contributed by atoms with Crippen LogP contribution in [0.4, 0.5) is 15.9 Å². The summed E-state index contributed by atoms with van der Waals surface area (Å²) in [6.07, 6.45) is 22.9. The summed E-state index contributed by atoms with van der Waals surface area (Å²) in [4.78, 5) is 58.1. The van der Waals surface area contributed by atoms with Gasteiger partial charge in [0.1, 0.15) is 18.2 Å². The Morgan fingerprint density at radius 2 is 1.72 bits per heavy atom. The first kappa shape index (κ1) is 57.4. The van der Waals surface area contributed by atoms with Crippen molar-refractivity contribution in [2.45, 2.75) is 128 Å². The largest absolute Gasteiger partial charge is 0.461 e. The number of amides is 2. The molecule has 3 aromatic carbocycles. The molecule has 14 heteroatoms. The zero-order valence-electron chi connectivity index (χ0n) is 48.9. The molecule has 11 rings (SSSR count). The second-order valence-electron chi connectivity index (χ2n) is 25.0. The monoisotopic (exact) mass is 1120 g/mol. The number of rotatable bonds is 17. The highest BCUT2D eigenvalue weighted by Crippen LogP contribution is 2.46. The Morgan fingerprint density at radius 3 is 2.41 bits per heavy atom. The highest BCUT2D eigenvalue weighted by molar-refractivity contribution is 7.28. The molecule has 82 heavy (non-hydrogen) atoms. The Bertz CT molecular complexity index is 3340. The fraction of sp³-hybridized carbons (Fsp3) is 0.485. The molecule has 6 aliphatic rings. The number of pyridine rings is 1. The van der Waals surface area contributed by atoms with Crippen molar-refractivity contribution in [2.24, 2.45) is 17.8 Å². The van der Waals surface area contributed by atoms with Crippen molar-refractivity contribution < 1.29 is 18.7 Å². The number of piperazine rings is 1. The number of benzene rings is 3. The molecule has 6 aliphatic heterocycles. The van der Waals surface area contributed by atoms with E-state index in [1.165, 1.54) is 17.2 Å². The van der Waals surface area contributed by atoms with E-state index in [2.05, 4.69) is 92.8 Å². The third kappa shape index (κ3) is 11.1. The molecule has 8 heterocycles. The van der Waals surface area contributed by atoms with Crippen LogP contribution < -0.4 is 19.8 Å². The summed E-state index contributed by atoms with van der Waals surface area (Å²) in [7, 11) is 4.75. The molecule has 12 nitrogen and oxygen atoms in total. The number of likely N-dealkylation sites (N-methyl/N-ethyl adjacent to an activating group) is 1. The van der Waals surface area contributed by atoms with E-state index in [1.54, 1.807) is 17.0 Å². The van der Waals surface area contributed by atoms with E-state index >= 15 is 4.39 Å². The average molecular weight is 1120 g/mol. The van der Waals surface area contributed by atoms with Gasteiger partial charge in [0.2, 0.25) is 5.91 Å². The number of fused-ring (bicyclic) bond motifs is 5. The lowest BCUT2D eigenvalue weighted by molar-refractivity contribution is -0.142. The first-order chi connectivity index (χ1) is 39.6. The van der Waals surface area contributed by atoms with Gasteiger partial charge in [0, 0.05) is 117 Å². The predicted octanol–water partition coefficient (Wildman–Crippen LogP) is 11.5. The zero-order chi connectivity index (χ0) is 57.6. The van der Waals surface area contributed by atoms with E-state index in [0.29, 0.717) is 53.0 Å². The summed E-state index contributed by atoms with van der Waals surface area (Å²) in [5.74, 6) is 4.26. The van der Waals surface area contributed by atoms with Crippen molar-refractivity contribution in [2.75, 3.05) is 75.8 Å². The molecule has 2 aromatic heterocycles. The minimum Gasteiger partial charge on any atom is -0.461 e. The van der Waals surface area contributed by atoms with Crippen molar-refractivity contribution in [3.05, 3.63) is 121 Å². The number of hydrogen-bond acceptors (Lipinski definition) is 10. The van der Waals surface area contributed by atoms with Crippen molar-refractivity contribution in [3.63, 3.8) is 0 Å². The van der Waals surface area contributed by atoms with Gasteiger partial charge in [-0.05, 0) is 124 Å². The number of anilines is 2. The van der Waals surface area contributed by atoms with Crippen molar-refractivity contribution in [3.8, 4) is 29.6 Å². The molecular weight excluding hydrogens is 1040 g/mol. The maximum Gasteiger partial charge on any atom is 0.319 e. The average Bonchev–Trinajstić information content (AvgIpc) is 3.97.